The lowest BCUT2D eigenvalue weighted by Gasteiger charge is -2.03. The summed E-state index contributed by atoms with van der Waals surface area (Å²) in [5.41, 5.74) is 8.81. The minimum atomic E-state index is 0.523. The standard InChI is InChI=1S/C15H12BrN3OS/c1-20-12-6-9(3-5-11(12)16)2-4-10-7-21-14-13(10)18-8-19-15(14)17/h2-8H,1H3,(H2,17,18,19)/b4-2+. The Labute approximate surface area is 134 Å². The number of anilines is 1. The zero-order valence-electron chi connectivity index (χ0n) is 11.2. The Morgan fingerprint density at radius 2 is 2.14 bits per heavy atom. The number of nitrogens with zero attached hydrogens (tertiary/aromatic N) is 2. The molecule has 106 valence electrons. The van der Waals surface area contributed by atoms with Crippen LogP contribution in [-0.4, -0.2) is 17.1 Å². The van der Waals surface area contributed by atoms with Crippen LogP contribution in [0, 0.1) is 0 Å². The fourth-order valence-electron chi connectivity index (χ4n) is 1.97. The van der Waals surface area contributed by atoms with E-state index in [-0.39, 0.29) is 0 Å². The van der Waals surface area contributed by atoms with Gasteiger partial charge in [0.25, 0.3) is 0 Å². The molecule has 0 aliphatic heterocycles. The number of methoxy groups -OCH3 is 1. The predicted octanol–water partition coefficient (Wildman–Crippen LogP) is 4.22. The summed E-state index contributed by atoms with van der Waals surface area (Å²) in [5, 5.41) is 2.03. The molecular formula is C15H12BrN3OS. The van der Waals surface area contributed by atoms with Crippen LogP contribution >= 0.6 is 27.3 Å². The third-order valence-corrected chi connectivity index (χ3v) is 4.70. The van der Waals surface area contributed by atoms with Crippen LogP contribution in [-0.2, 0) is 0 Å². The highest BCUT2D eigenvalue weighted by molar-refractivity contribution is 9.10. The van der Waals surface area contributed by atoms with E-state index in [1.54, 1.807) is 18.4 Å². The van der Waals surface area contributed by atoms with Crippen molar-refractivity contribution in [3.63, 3.8) is 0 Å². The first-order valence-corrected chi connectivity index (χ1v) is 7.85. The maximum atomic E-state index is 5.84. The van der Waals surface area contributed by atoms with E-state index in [0.29, 0.717) is 5.82 Å². The van der Waals surface area contributed by atoms with Crippen LogP contribution in [0.5, 0.6) is 5.75 Å². The zero-order valence-corrected chi connectivity index (χ0v) is 13.6. The van der Waals surface area contributed by atoms with Gasteiger partial charge in [0.2, 0.25) is 0 Å². The minimum Gasteiger partial charge on any atom is -0.496 e. The largest absolute Gasteiger partial charge is 0.496 e. The molecule has 0 aliphatic rings. The zero-order chi connectivity index (χ0) is 14.8. The van der Waals surface area contributed by atoms with E-state index in [4.69, 9.17) is 10.5 Å². The van der Waals surface area contributed by atoms with E-state index in [2.05, 4.69) is 25.9 Å². The summed E-state index contributed by atoms with van der Waals surface area (Å²) in [5.74, 6) is 1.33. The van der Waals surface area contributed by atoms with Crippen molar-refractivity contribution in [3.8, 4) is 5.75 Å². The summed E-state index contributed by atoms with van der Waals surface area (Å²) in [6.07, 6.45) is 5.53. The lowest BCUT2D eigenvalue weighted by Crippen LogP contribution is -1.90. The molecule has 3 aromatic rings. The summed E-state index contributed by atoms with van der Waals surface area (Å²) in [6, 6.07) is 5.95. The molecule has 0 amide bonds. The highest BCUT2D eigenvalue weighted by Crippen LogP contribution is 2.30. The predicted molar refractivity (Wildman–Crippen MR) is 91.4 cm³/mol. The average Bonchev–Trinajstić information content (AvgIpc) is 2.91. The molecule has 0 radical (unpaired) electrons. The number of halogens is 1. The van der Waals surface area contributed by atoms with Crippen LogP contribution in [0.1, 0.15) is 11.1 Å². The van der Waals surface area contributed by atoms with Crippen molar-refractivity contribution in [2.24, 2.45) is 0 Å². The molecule has 2 aromatic heterocycles. The van der Waals surface area contributed by atoms with Crippen molar-refractivity contribution in [2.45, 2.75) is 0 Å². The number of fused-ring (bicyclic) bond motifs is 1. The Kier molecular flexibility index (Phi) is 3.90. The second-order valence-corrected chi connectivity index (χ2v) is 6.09. The Balaban J connectivity index is 1.96. The maximum absolute atomic E-state index is 5.84. The molecule has 1 aromatic carbocycles. The Bertz CT molecular complexity index is 829. The molecule has 2 N–H and O–H groups in total. The van der Waals surface area contributed by atoms with E-state index in [1.165, 1.54) is 6.33 Å². The monoisotopic (exact) mass is 361 g/mol. The Morgan fingerprint density at radius 1 is 1.29 bits per heavy atom. The molecule has 0 saturated carbocycles. The van der Waals surface area contributed by atoms with Gasteiger partial charge in [0, 0.05) is 10.9 Å². The Hall–Kier alpha value is -1.92. The molecule has 3 rings (SSSR count). The van der Waals surface area contributed by atoms with Crippen molar-refractivity contribution < 1.29 is 4.74 Å². The second kappa shape index (κ2) is 5.83. The first-order valence-electron chi connectivity index (χ1n) is 6.18. The third-order valence-electron chi connectivity index (χ3n) is 3.04. The third kappa shape index (κ3) is 2.77. The number of hydrogen-bond donors (Lipinski definition) is 1. The first kappa shape index (κ1) is 14.0. The summed E-state index contributed by atoms with van der Waals surface area (Å²) < 4.78 is 7.15. The number of thiophene rings is 1. The number of ether oxygens (including phenoxy) is 1. The quantitative estimate of drug-likeness (QED) is 0.758. The number of nitrogen functional groups attached to an aromatic ring is 1. The molecule has 21 heavy (non-hydrogen) atoms. The van der Waals surface area contributed by atoms with Gasteiger partial charge in [0.05, 0.1) is 21.8 Å². The van der Waals surface area contributed by atoms with Gasteiger partial charge in [-0.25, -0.2) is 9.97 Å². The number of aromatic nitrogens is 2. The highest BCUT2D eigenvalue weighted by atomic mass is 79.9. The van der Waals surface area contributed by atoms with Gasteiger partial charge in [-0.2, -0.15) is 0 Å². The van der Waals surface area contributed by atoms with E-state index in [1.807, 2.05) is 35.7 Å². The van der Waals surface area contributed by atoms with Gasteiger partial charge in [-0.1, -0.05) is 18.2 Å². The normalized spacial score (nSPS) is 11.3. The number of rotatable bonds is 3. The summed E-state index contributed by atoms with van der Waals surface area (Å²) in [4.78, 5) is 8.30. The molecule has 0 aliphatic carbocycles. The van der Waals surface area contributed by atoms with Gasteiger partial charge in [-0.3, -0.25) is 0 Å². The summed E-state index contributed by atoms with van der Waals surface area (Å²) >= 11 is 5.00. The summed E-state index contributed by atoms with van der Waals surface area (Å²) in [6.45, 7) is 0. The van der Waals surface area contributed by atoms with E-state index in [0.717, 1.165) is 31.6 Å². The number of hydrogen-bond acceptors (Lipinski definition) is 5. The molecule has 0 unspecified atom stereocenters. The van der Waals surface area contributed by atoms with Gasteiger partial charge in [-0.15, -0.1) is 11.3 Å². The van der Waals surface area contributed by atoms with Crippen molar-refractivity contribution >= 4 is 55.5 Å². The van der Waals surface area contributed by atoms with Crippen LogP contribution < -0.4 is 10.5 Å². The lowest BCUT2D eigenvalue weighted by atomic mass is 10.1. The van der Waals surface area contributed by atoms with E-state index in [9.17, 15) is 0 Å². The smallest absolute Gasteiger partial charge is 0.144 e. The van der Waals surface area contributed by atoms with Crippen molar-refractivity contribution in [2.75, 3.05) is 12.8 Å². The van der Waals surface area contributed by atoms with Crippen molar-refractivity contribution in [1.29, 1.82) is 0 Å². The van der Waals surface area contributed by atoms with Crippen LogP contribution in [0.4, 0.5) is 5.82 Å². The molecule has 0 fully saturated rings. The van der Waals surface area contributed by atoms with Gasteiger partial charge in [0.1, 0.15) is 17.9 Å². The molecule has 0 bridgehead atoms. The maximum Gasteiger partial charge on any atom is 0.144 e. The van der Waals surface area contributed by atoms with Crippen LogP contribution in [0.25, 0.3) is 22.4 Å². The topological polar surface area (TPSA) is 61.0 Å². The molecule has 4 nitrogen and oxygen atoms in total. The van der Waals surface area contributed by atoms with Crippen LogP contribution in [0.15, 0.2) is 34.4 Å². The summed E-state index contributed by atoms with van der Waals surface area (Å²) in [7, 11) is 1.65. The fourth-order valence-corrected chi connectivity index (χ4v) is 3.27. The Morgan fingerprint density at radius 3 is 2.95 bits per heavy atom. The van der Waals surface area contributed by atoms with Gasteiger partial charge >= 0.3 is 0 Å². The molecule has 6 heteroatoms. The molecular weight excluding hydrogens is 350 g/mol. The second-order valence-electron chi connectivity index (χ2n) is 4.36. The van der Waals surface area contributed by atoms with Crippen molar-refractivity contribution in [1.82, 2.24) is 9.97 Å². The van der Waals surface area contributed by atoms with E-state index >= 15 is 0 Å². The first-order chi connectivity index (χ1) is 10.2. The minimum absolute atomic E-state index is 0.523. The van der Waals surface area contributed by atoms with Gasteiger partial charge in [-0.05, 0) is 33.6 Å². The highest BCUT2D eigenvalue weighted by Gasteiger charge is 2.06. The molecule has 0 atom stereocenters. The van der Waals surface area contributed by atoms with Crippen LogP contribution in [0.2, 0.25) is 0 Å². The van der Waals surface area contributed by atoms with Gasteiger partial charge in [0.15, 0.2) is 0 Å². The molecule has 0 saturated heterocycles. The number of benzene rings is 1. The van der Waals surface area contributed by atoms with E-state index < -0.39 is 0 Å². The van der Waals surface area contributed by atoms with Crippen molar-refractivity contribution in [3.05, 3.63) is 45.5 Å². The lowest BCUT2D eigenvalue weighted by molar-refractivity contribution is 0.412. The van der Waals surface area contributed by atoms with Crippen LogP contribution in [0.3, 0.4) is 0 Å². The molecule has 0 spiro atoms. The molecule has 2 heterocycles. The SMILES string of the molecule is COc1cc(/C=C/c2csc3c(N)ncnc23)ccc1Br. The number of nitrogens with two attached hydrogens (primary N) is 1. The average molecular weight is 362 g/mol. The fraction of sp³-hybridized carbons (Fsp3) is 0.0667. The van der Waals surface area contributed by atoms with Gasteiger partial charge < -0.3 is 10.5 Å².